The molecule has 1 saturated carbocycles. The molecule has 1 aromatic heterocycles. The summed E-state index contributed by atoms with van der Waals surface area (Å²) in [5.74, 6) is 0.575. The fraction of sp³-hybridized carbons (Fsp3) is 0.700. The van der Waals surface area contributed by atoms with Gasteiger partial charge in [0.05, 0.1) is 6.04 Å². The lowest BCUT2D eigenvalue weighted by Crippen LogP contribution is -2.67. The van der Waals surface area contributed by atoms with Gasteiger partial charge in [-0.05, 0) is 43.9 Å². The van der Waals surface area contributed by atoms with Gasteiger partial charge in [0, 0.05) is 44.2 Å². The van der Waals surface area contributed by atoms with Gasteiger partial charge in [0.25, 0.3) is 5.91 Å². The van der Waals surface area contributed by atoms with E-state index in [2.05, 4.69) is 15.3 Å². The Labute approximate surface area is 168 Å². The van der Waals surface area contributed by atoms with Gasteiger partial charge in [-0.1, -0.05) is 0 Å². The molecule has 0 unspecified atom stereocenters. The highest BCUT2D eigenvalue weighted by Gasteiger charge is 2.50. The third-order valence-electron chi connectivity index (χ3n) is 7.04. The average Bonchev–Trinajstić information content (AvgIpc) is 3.48. The zero-order chi connectivity index (χ0) is 20.1. The number of carbonyl (C=O) groups is 3. The quantitative estimate of drug-likeness (QED) is 0.662. The third-order valence-corrected chi connectivity index (χ3v) is 7.04. The molecule has 1 aliphatic carbocycles. The van der Waals surface area contributed by atoms with Crippen molar-refractivity contribution in [1.82, 2.24) is 25.1 Å². The molecule has 0 radical (unpaired) electrons. The van der Waals surface area contributed by atoms with E-state index in [1.54, 1.807) is 0 Å². The van der Waals surface area contributed by atoms with Gasteiger partial charge >= 0.3 is 5.69 Å². The van der Waals surface area contributed by atoms with Crippen LogP contribution in [0.1, 0.15) is 49.0 Å². The van der Waals surface area contributed by atoms with Crippen LogP contribution in [0.4, 0.5) is 0 Å². The average molecular weight is 401 g/mol. The van der Waals surface area contributed by atoms with Crippen molar-refractivity contribution >= 4 is 17.7 Å². The molecular formula is C20H27N5O4. The smallest absolute Gasteiger partial charge is 0.323 e. The van der Waals surface area contributed by atoms with Crippen molar-refractivity contribution in [3.63, 3.8) is 0 Å². The molecule has 1 aromatic rings. The van der Waals surface area contributed by atoms with Crippen molar-refractivity contribution in [2.24, 2.45) is 17.8 Å². The molecule has 3 aliphatic heterocycles. The van der Waals surface area contributed by atoms with E-state index in [4.69, 9.17) is 0 Å². The summed E-state index contributed by atoms with van der Waals surface area (Å²) in [6.07, 6.45) is 6.66. The molecule has 4 atom stereocenters. The lowest BCUT2D eigenvalue weighted by molar-refractivity contribution is -0.152. The van der Waals surface area contributed by atoms with Crippen LogP contribution in [0.3, 0.4) is 0 Å². The summed E-state index contributed by atoms with van der Waals surface area (Å²) in [5, 5.41) is 3.06. The number of imidazole rings is 1. The van der Waals surface area contributed by atoms with Crippen molar-refractivity contribution in [2.75, 3.05) is 19.6 Å². The largest absolute Gasteiger partial charge is 0.354 e. The van der Waals surface area contributed by atoms with Crippen LogP contribution >= 0.6 is 0 Å². The third kappa shape index (κ3) is 3.36. The summed E-state index contributed by atoms with van der Waals surface area (Å²) in [5.41, 5.74) is -0.125. The highest BCUT2D eigenvalue weighted by molar-refractivity contribution is 5.92. The number of piperidine rings is 3. The van der Waals surface area contributed by atoms with Crippen molar-refractivity contribution in [3.05, 3.63) is 22.4 Å². The second kappa shape index (κ2) is 7.03. The molecule has 9 heteroatoms. The molecule has 0 spiro atoms. The Bertz CT molecular complexity index is 887. The number of H-pyrrole nitrogens is 2. The van der Waals surface area contributed by atoms with E-state index in [0.717, 1.165) is 32.1 Å². The van der Waals surface area contributed by atoms with E-state index >= 15 is 0 Å². The van der Waals surface area contributed by atoms with Crippen LogP contribution in [0.15, 0.2) is 11.0 Å². The highest BCUT2D eigenvalue weighted by Crippen LogP contribution is 2.41. The van der Waals surface area contributed by atoms with Crippen LogP contribution in [0, 0.1) is 17.8 Å². The number of aromatic nitrogens is 2. The summed E-state index contributed by atoms with van der Waals surface area (Å²) in [4.78, 5) is 58.2. The second-order valence-corrected chi connectivity index (χ2v) is 8.97. The molecule has 3 saturated heterocycles. The SMILES string of the molecule is O=C(NC[C@H]1[C@H]2C[C@H](CN(C(=O)c3c[nH]c(=O)[nH]3)C2)[C@@H]2CCCC(=O)N21)C1CC1. The molecular weight excluding hydrogens is 374 g/mol. The van der Waals surface area contributed by atoms with E-state index in [9.17, 15) is 19.2 Å². The molecule has 0 aromatic carbocycles. The first-order valence-corrected chi connectivity index (χ1v) is 10.7. The molecule has 29 heavy (non-hydrogen) atoms. The van der Waals surface area contributed by atoms with Gasteiger partial charge in [-0.2, -0.15) is 0 Å². The lowest BCUT2D eigenvalue weighted by atomic mass is 9.72. The lowest BCUT2D eigenvalue weighted by Gasteiger charge is -2.56. The normalized spacial score (nSPS) is 31.4. The maximum Gasteiger partial charge on any atom is 0.323 e. The number of aromatic amines is 2. The number of carbonyl (C=O) groups excluding carboxylic acids is 3. The van der Waals surface area contributed by atoms with Gasteiger partial charge in [-0.25, -0.2) is 4.79 Å². The van der Waals surface area contributed by atoms with E-state index < -0.39 is 5.69 Å². The molecule has 4 fully saturated rings. The Morgan fingerprint density at radius 2 is 1.93 bits per heavy atom. The molecule has 156 valence electrons. The maximum absolute atomic E-state index is 12.9. The van der Waals surface area contributed by atoms with Gasteiger partial charge in [0.1, 0.15) is 5.69 Å². The standard InChI is InChI=1S/C20H27N5O4/c26-17-3-1-2-15-12-6-13(16(25(15)17)8-21-18(27)11-4-5-11)10-24(9-12)19(28)14-7-22-20(29)23-14/h7,11-13,15-16H,1-6,8-10H2,(H,21,27)(H2,22,23,29)/t12-,13+,15+,16+/m1/s1. The van der Waals surface area contributed by atoms with E-state index in [0.29, 0.717) is 26.1 Å². The van der Waals surface area contributed by atoms with Crippen LogP contribution in [-0.4, -0.2) is 69.2 Å². The van der Waals surface area contributed by atoms with Gasteiger partial charge in [-0.15, -0.1) is 0 Å². The molecule has 5 rings (SSSR count). The van der Waals surface area contributed by atoms with Crippen LogP contribution in [0.5, 0.6) is 0 Å². The van der Waals surface area contributed by atoms with Gasteiger partial charge in [0.15, 0.2) is 0 Å². The molecule has 9 nitrogen and oxygen atoms in total. The molecule has 3 N–H and O–H groups in total. The van der Waals surface area contributed by atoms with Crippen LogP contribution in [-0.2, 0) is 9.59 Å². The monoisotopic (exact) mass is 401 g/mol. The summed E-state index contributed by atoms with van der Waals surface area (Å²) in [6, 6.07) is 0.0452. The van der Waals surface area contributed by atoms with Crippen molar-refractivity contribution in [1.29, 1.82) is 0 Å². The zero-order valence-electron chi connectivity index (χ0n) is 16.4. The van der Waals surface area contributed by atoms with Gasteiger partial charge in [-0.3, -0.25) is 14.4 Å². The van der Waals surface area contributed by atoms with Crippen LogP contribution in [0.25, 0.3) is 0 Å². The Hall–Kier alpha value is -2.58. The Morgan fingerprint density at radius 1 is 1.14 bits per heavy atom. The number of hydrogen-bond acceptors (Lipinski definition) is 4. The van der Waals surface area contributed by atoms with Crippen molar-refractivity contribution < 1.29 is 14.4 Å². The first kappa shape index (κ1) is 18.4. The zero-order valence-corrected chi connectivity index (χ0v) is 16.4. The topological polar surface area (TPSA) is 118 Å². The number of rotatable bonds is 4. The predicted molar refractivity (Wildman–Crippen MR) is 103 cm³/mol. The fourth-order valence-corrected chi connectivity index (χ4v) is 5.52. The molecule has 4 aliphatic rings. The number of nitrogens with one attached hydrogen (secondary N) is 3. The Kier molecular flexibility index (Phi) is 4.48. The molecule has 2 bridgehead atoms. The van der Waals surface area contributed by atoms with Crippen molar-refractivity contribution in [3.8, 4) is 0 Å². The van der Waals surface area contributed by atoms with Gasteiger partial charge < -0.3 is 25.1 Å². The van der Waals surface area contributed by atoms with Gasteiger partial charge in [0.2, 0.25) is 11.8 Å². The minimum atomic E-state index is -0.393. The Balaban J connectivity index is 1.37. The molecule has 3 amide bonds. The number of hydrogen-bond donors (Lipinski definition) is 3. The summed E-state index contributed by atoms with van der Waals surface area (Å²) >= 11 is 0. The maximum atomic E-state index is 12.9. The number of likely N-dealkylation sites (tertiary alicyclic amines) is 1. The number of amides is 3. The summed E-state index contributed by atoms with van der Waals surface area (Å²) in [6.45, 7) is 1.58. The Morgan fingerprint density at radius 3 is 2.66 bits per heavy atom. The minimum absolute atomic E-state index is 0.0763. The number of fused-ring (bicyclic) bond motifs is 4. The van der Waals surface area contributed by atoms with E-state index in [-0.39, 0.29) is 53.3 Å². The number of nitrogens with zero attached hydrogens (tertiary/aromatic N) is 2. The minimum Gasteiger partial charge on any atom is -0.354 e. The first-order chi connectivity index (χ1) is 14.0. The van der Waals surface area contributed by atoms with Crippen LogP contribution < -0.4 is 11.0 Å². The molecule has 4 heterocycles. The summed E-state index contributed by atoms with van der Waals surface area (Å²) in [7, 11) is 0. The second-order valence-electron chi connectivity index (χ2n) is 8.97. The van der Waals surface area contributed by atoms with Crippen LogP contribution in [0.2, 0.25) is 0 Å². The highest BCUT2D eigenvalue weighted by atomic mass is 16.2. The summed E-state index contributed by atoms with van der Waals surface area (Å²) < 4.78 is 0. The van der Waals surface area contributed by atoms with E-state index in [1.807, 2.05) is 9.80 Å². The van der Waals surface area contributed by atoms with Crippen molar-refractivity contribution in [2.45, 2.75) is 50.6 Å². The predicted octanol–water partition coefficient (Wildman–Crippen LogP) is 0.0708. The van der Waals surface area contributed by atoms with E-state index in [1.165, 1.54) is 6.20 Å². The first-order valence-electron chi connectivity index (χ1n) is 10.7. The fourth-order valence-electron chi connectivity index (χ4n) is 5.52.